The molecule has 0 aliphatic carbocycles. The second kappa shape index (κ2) is 10.7. The van der Waals surface area contributed by atoms with Crippen LogP contribution in [-0.4, -0.2) is 55.8 Å². The van der Waals surface area contributed by atoms with Gasteiger partial charge in [0.15, 0.2) is 0 Å². The van der Waals surface area contributed by atoms with Gasteiger partial charge in [-0.15, -0.1) is 0 Å². The highest BCUT2D eigenvalue weighted by atomic mass is 35.5. The van der Waals surface area contributed by atoms with Gasteiger partial charge in [0.1, 0.15) is 39.9 Å². The summed E-state index contributed by atoms with van der Waals surface area (Å²) in [6, 6.07) is 7.81. The number of amides is 2. The maximum Gasteiger partial charge on any atom is 0.416 e. The first-order valence-corrected chi connectivity index (χ1v) is 12.6. The highest BCUT2D eigenvalue weighted by molar-refractivity contribution is 6.30. The van der Waals surface area contributed by atoms with E-state index in [-0.39, 0.29) is 34.8 Å². The summed E-state index contributed by atoms with van der Waals surface area (Å²) >= 11 is 6.50. The topological polar surface area (TPSA) is 128 Å². The number of nitrogens with zero attached hydrogens (tertiary/aromatic N) is 5. The van der Waals surface area contributed by atoms with Crippen LogP contribution in [-0.2, 0) is 15.7 Å². The fraction of sp³-hybridized carbons (Fsp3) is 0.269. The lowest BCUT2D eigenvalue weighted by Crippen LogP contribution is -2.42. The lowest BCUT2D eigenvalue weighted by Gasteiger charge is -2.32. The summed E-state index contributed by atoms with van der Waals surface area (Å²) in [5.74, 6) is -0.279. The second-order valence-corrected chi connectivity index (χ2v) is 9.37. The Balaban J connectivity index is 1.46. The molecule has 0 bridgehead atoms. The summed E-state index contributed by atoms with van der Waals surface area (Å²) in [5, 5.41) is 2.62. The summed E-state index contributed by atoms with van der Waals surface area (Å²) in [4.78, 5) is 39.5. The molecule has 3 N–H and O–H groups in total. The molecular weight excluding hydrogens is 551 g/mol. The van der Waals surface area contributed by atoms with Crippen molar-refractivity contribution in [3.63, 3.8) is 0 Å². The zero-order chi connectivity index (χ0) is 28.6. The normalized spacial score (nSPS) is 15.8. The standard InChI is InChI=1S/C26H23ClF3N7O3/c1-2-20(38)36-9-10-40-17(13-36)24-35-21(22-23(31)33-12-18(27)37(22)24)14-3-5-15(6-4-14)25(39)34-19-11-16(7-8-32-19)26(28,29)30/h3-8,11-12,17H,2,9-10,13H2,1H3,(H2,31,33)(H,32,34,39)/t17-/m1/s1. The van der Waals surface area contributed by atoms with E-state index in [2.05, 4.69) is 15.3 Å². The van der Waals surface area contributed by atoms with Crippen LogP contribution in [0.3, 0.4) is 0 Å². The quantitative estimate of drug-likeness (QED) is 0.357. The third kappa shape index (κ3) is 5.29. The predicted molar refractivity (Wildman–Crippen MR) is 141 cm³/mol. The fourth-order valence-corrected chi connectivity index (χ4v) is 4.67. The largest absolute Gasteiger partial charge is 0.416 e. The number of hydrogen-bond donors (Lipinski definition) is 2. The number of anilines is 2. The Kier molecular flexibility index (Phi) is 7.34. The van der Waals surface area contributed by atoms with E-state index in [1.807, 2.05) is 0 Å². The van der Waals surface area contributed by atoms with Crippen molar-refractivity contribution in [3.05, 3.63) is 70.9 Å². The molecule has 0 spiro atoms. The minimum absolute atomic E-state index is 0.00383. The van der Waals surface area contributed by atoms with Crippen molar-refractivity contribution in [2.24, 2.45) is 0 Å². The number of nitrogen functional groups attached to an aromatic ring is 1. The van der Waals surface area contributed by atoms with Gasteiger partial charge in [-0.25, -0.2) is 15.0 Å². The fourth-order valence-electron chi connectivity index (χ4n) is 4.45. The summed E-state index contributed by atoms with van der Waals surface area (Å²) in [5.41, 5.74) is 6.91. The van der Waals surface area contributed by atoms with Gasteiger partial charge in [-0.05, 0) is 24.3 Å². The number of pyridine rings is 1. The Morgan fingerprint density at radius 1 is 1.20 bits per heavy atom. The van der Waals surface area contributed by atoms with E-state index in [9.17, 15) is 22.8 Å². The molecule has 208 valence electrons. The van der Waals surface area contributed by atoms with E-state index in [4.69, 9.17) is 27.1 Å². The first kappa shape index (κ1) is 27.3. The molecule has 0 saturated carbocycles. The van der Waals surface area contributed by atoms with E-state index >= 15 is 0 Å². The first-order chi connectivity index (χ1) is 19.1. The molecule has 5 rings (SSSR count). The third-order valence-electron chi connectivity index (χ3n) is 6.43. The summed E-state index contributed by atoms with van der Waals surface area (Å²) in [7, 11) is 0. The number of carbonyl (C=O) groups excluding carboxylic acids is 2. The van der Waals surface area contributed by atoms with Crippen LogP contribution in [0.25, 0.3) is 16.8 Å². The van der Waals surface area contributed by atoms with Gasteiger partial charge in [-0.3, -0.25) is 14.0 Å². The number of alkyl halides is 3. The van der Waals surface area contributed by atoms with Crippen molar-refractivity contribution in [2.75, 3.05) is 30.7 Å². The lowest BCUT2D eigenvalue weighted by atomic mass is 10.1. The van der Waals surface area contributed by atoms with Gasteiger partial charge in [0.25, 0.3) is 5.91 Å². The summed E-state index contributed by atoms with van der Waals surface area (Å²) in [6.45, 7) is 2.87. The van der Waals surface area contributed by atoms with Crippen LogP contribution in [0.2, 0.25) is 5.15 Å². The number of halogens is 4. The van der Waals surface area contributed by atoms with Gasteiger partial charge in [-0.1, -0.05) is 30.7 Å². The molecule has 1 fully saturated rings. The van der Waals surface area contributed by atoms with Crippen molar-refractivity contribution in [1.82, 2.24) is 24.3 Å². The number of nitrogens with one attached hydrogen (secondary N) is 1. The summed E-state index contributed by atoms with van der Waals surface area (Å²) < 4.78 is 46.6. The Morgan fingerprint density at radius 3 is 2.65 bits per heavy atom. The van der Waals surface area contributed by atoms with Gasteiger partial charge in [0, 0.05) is 30.3 Å². The van der Waals surface area contributed by atoms with Gasteiger partial charge in [0.05, 0.1) is 24.9 Å². The number of rotatable bonds is 5. The average molecular weight is 574 g/mol. The maximum atomic E-state index is 13.0. The van der Waals surface area contributed by atoms with Gasteiger partial charge in [-0.2, -0.15) is 13.2 Å². The number of fused-ring (bicyclic) bond motifs is 1. The maximum absolute atomic E-state index is 13.0. The Labute approximate surface area is 230 Å². The Morgan fingerprint density at radius 2 is 1.95 bits per heavy atom. The van der Waals surface area contributed by atoms with Crippen LogP contribution in [0.1, 0.15) is 41.2 Å². The molecule has 40 heavy (non-hydrogen) atoms. The number of imidazole rings is 1. The van der Waals surface area contributed by atoms with Crippen molar-refractivity contribution in [3.8, 4) is 11.3 Å². The molecule has 1 atom stereocenters. The Bertz CT molecular complexity index is 1590. The molecule has 1 aromatic carbocycles. The van der Waals surface area contributed by atoms with Crippen molar-refractivity contribution in [1.29, 1.82) is 0 Å². The minimum Gasteiger partial charge on any atom is -0.382 e. The van der Waals surface area contributed by atoms with Crippen LogP contribution < -0.4 is 11.1 Å². The first-order valence-electron chi connectivity index (χ1n) is 12.2. The van der Waals surface area contributed by atoms with Crippen molar-refractivity contribution < 1.29 is 27.5 Å². The van der Waals surface area contributed by atoms with Gasteiger partial charge >= 0.3 is 6.18 Å². The molecule has 3 aromatic heterocycles. The Hall–Kier alpha value is -4.23. The smallest absolute Gasteiger partial charge is 0.382 e. The van der Waals surface area contributed by atoms with E-state index < -0.39 is 23.8 Å². The summed E-state index contributed by atoms with van der Waals surface area (Å²) in [6.07, 6.45) is -2.41. The second-order valence-electron chi connectivity index (χ2n) is 8.98. The molecule has 14 heteroatoms. The zero-order valence-corrected chi connectivity index (χ0v) is 21.8. The SMILES string of the molecule is CCC(=O)N1CCO[C@@H](c2nc(-c3ccc(C(=O)Nc4cc(C(F)(F)F)ccn4)cc3)c3c(N)ncc(Cl)n23)C1. The number of aromatic nitrogens is 4. The predicted octanol–water partition coefficient (Wildman–Crippen LogP) is 4.61. The molecule has 4 heterocycles. The van der Waals surface area contributed by atoms with Crippen molar-refractivity contribution in [2.45, 2.75) is 25.6 Å². The van der Waals surface area contributed by atoms with Crippen LogP contribution >= 0.6 is 11.6 Å². The highest BCUT2D eigenvalue weighted by Gasteiger charge is 2.32. The number of carbonyl (C=O) groups is 2. The number of hydrogen-bond acceptors (Lipinski definition) is 7. The molecule has 2 amide bonds. The molecule has 0 radical (unpaired) electrons. The van der Waals surface area contributed by atoms with Crippen LogP contribution in [0, 0.1) is 0 Å². The molecule has 1 saturated heterocycles. The minimum atomic E-state index is -4.57. The lowest BCUT2D eigenvalue weighted by molar-refractivity contribution is -0.139. The zero-order valence-electron chi connectivity index (χ0n) is 21.1. The molecule has 10 nitrogen and oxygen atoms in total. The van der Waals surface area contributed by atoms with Crippen LogP contribution in [0.4, 0.5) is 24.8 Å². The van der Waals surface area contributed by atoms with Crippen LogP contribution in [0.15, 0.2) is 48.8 Å². The third-order valence-corrected chi connectivity index (χ3v) is 6.70. The number of nitrogens with two attached hydrogens (primary N) is 1. The van der Waals surface area contributed by atoms with E-state index in [0.29, 0.717) is 42.2 Å². The molecule has 4 aromatic rings. The number of benzene rings is 1. The molecule has 0 unspecified atom stereocenters. The van der Waals surface area contributed by atoms with Gasteiger partial charge in [0.2, 0.25) is 5.91 Å². The highest BCUT2D eigenvalue weighted by Crippen LogP contribution is 2.35. The monoisotopic (exact) mass is 573 g/mol. The average Bonchev–Trinajstić information content (AvgIpc) is 3.36. The molecule has 1 aliphatic heterocycles. The van der Waals surface area contributed by atoms with E-state index in [1.165, 1.54) is 18.3 Å². The number of morpholine rings is 1. The van der Waals surface area contributed by atoms with E-state index in [1.54, 1.807) is 28.4 Å². The van der Waals surface area contributed by atoms with Crippen molar-refractivity contribution >= 4 is 40.6 Å². The van der Waals surface area contributed by atoms with E-state index in [0.717, 1.165) is 18.3 Å². The van der Waals surface area contributed by atoms with Gasteiger partial charge < -0.3 is 20.7 Å². The molecule has 1 aliphatic rings. The molecular formula is C26H23ClF3N7O3. The van der Waals surface area contributed by atoms with Crippen LogP contribution in [0.5, 0.6) is 0 Å². The number of ether oxygens (including phenoxy) is 1.